The van der Waals surface area contributed by atoms with E-state index in [4.69, 9.17) is 4.74 Å². The molecule has 10 heavy (non-hydrogen) atoms. The number of rotatable bonds is 2. The van der Waals surface area contributed by atoms with Gasteiger partial charge < -0.3 is 9.84 Å². The van der Waals surface area contributed by atoms with Crippen molar-refractivity contribution in [3.63, 3.8) is 0 Å². The third kappa shape index (κ3) is 4.77. The molecule has 0 amide bonds. The lowest BCUT2D eigenvalue weighted by Crippen LogP contribution is -2.30. The first-order chi connectivity index (χ1) is 4.33. The summed E-state index contributed by atoms with van der Waals surface area (Å²) in [5.41, 5.74) is -0.246. The summed E-state index contributed by atoms with van der Waals surface area (Å²) in [7, 11) is 0. The summed E-state index contributed by atoms with van der Waals surface area (Å²) in [4.78, 5) is 0. The van der Waals surface area contributed by atoms with Gasteiger partial charge in [-0.25, -0.2) is 0 Å². The van der Waals surface area contributed by atoms with Crippen molar-refractivity contribution in [3.8, 4) is 0 Å². The first kappa shape index (κ1) is 9.92. The SMILES string of the molecule is CC(C)[C@H](O)OC(C)(C)C. The van der Waals surface area contributed by atoms with Gasteiger partial charge in [0.15, 0.2) is 6.29 Å². The molecule has 0 spiro atoms. The molecule has 2 heteroatoms. The fraction of sp³-hybridized carbons (Fsp3) is 1.00. The Kier molecular flexibility index (Phi) is 3.33. The average molecular weight is 146 g/mol. The monoisotopic (exact) mass is 146 g/mol. The van der Waals surface area contributed by atoms with Crippen molar-refractivity contribution in [2.75, 3.05) is 0 Å². The molecule has 0 aromatic heterocycles. The van der Waals surface area contributed by atoms with Gasteiger partial charge in [-0.1, -0.05) is 13.8 Å². The molecule has 62 valence electrons. The van der Waals surface area contributed by atoms with Crippen molar-refractivity contribution in [1.82, 2.24) is 0 Å². The zero-order valence-electron chi connectivity index (χ0n) is 7.51. The van der Waals surface area contributed by atoms with E-state index < -0.39 is 6.29 Å². The Morgan fingerprint density at radius 1 is 1.20 bits per heavy atom. The number of ether oxygens (including phenoxy) is 1. The van der Waals surface area contributed by atoms with E-state index in [9.17, 15) is 5.11 Å². The van der Waals surface area contributed by atoms with Crippen molar-refractivity contribution in [2.24, 2.45) is 5.92 Å². The van der Waals surface area contributed by atoms with Crippen LogP contribution in [0.5, 0.6) is 0 Å². The minimum atomic E-state index is -0.639. The predicted molar refractivity (Wildman–Crippen MR) is 41.7 cm³/mol. The molecule has 0 unspecified atom stereocenters. The van der Waals surface area contributed by atoms with Gasteiger partial charge in [-0.2, -0.15) is 0 Å². The normalized spacial score (nSPS) is 15.9. The topological polar surface area (TPSA) is 29.5 Å². The maximum absolute atomic E-state index is 9.24. The maximum atomic E-state index is 9.24. The molecule has 0 aromatic rings. The Bertz CT molecular complexity index is 91.9. The smallest absolute Gasteiger partial charge is 0.157 e. The van der Waals surface area contributed by atoms with Crippen molar-refractivity contribution in [1.29, 1.82) is 0 Å². The molecule has 0 fully saturated rings. The van der Waals surface area contributed by atoms with E-state index in [0.717, 1.165) is 0 Å². The molecule has 0 aliphatic rings. The number of hydrogen-bond acceptors (Lipinski definition) is 2. The van der Waals surface area contributed by atoms with Gasteiger partial charge in [0.05, 0.1) is 5.60 Å². The highest BCUT2D eigenvalue weighted by Crippen LogP contribution is 2.13. The molecule has 0 heterocycles. The molecule has 0 aromatic carbocycles. The lowest BCUT2D eigenvalue weighted by molar-refractivity contribution is -0.185. The van der Waals surface area contributed by atoms with Crippen molar-refractivity contribution < 1.29 is 9.84 Å². The van der Waals surface area contributed by atoms with Crippen LogP contribution in [-0.2, 0) is 4.74 Å². The molecule has 0 radical (unpaired) electrons. The van der Waals surface area contributed by atoms with Gasteiger partial charge in [0.1, 0.15) is 0 Å². The first-order valence-corrected chi connectivity index (χ1v) is 3.69. The molecule has 0 saturated heterocycles. The van der Waals surface area contributed by atoms with Crippen LogP contribution in [0.4, 0.5) is 0 Å². The van der Waals surface area contributed by atoms with E-state index in [0.29, 0.717) is 0 Å². The summed E-state index contributed by atoms with van der Waals surface area (Å²) < 4.78 is 5.25. The van der Waals surface area contributed by atoms with Gasteiger partial charge in [-0.3, -0.25) is 0 Å². The van der Waals surface area contributed by atoms with Crippen LogP contribution < -0.4 is 0 Å². The van der Waals surface area contributed by atoms with Gasteiger partial charge in [0.2, 0.25) is 0 Å². The second-order valence-corrected chi connectivity index (χ2v) is 3.86. The number of aliphatic hydroxyl groups is 1. The van der Waals surface area contributed by atoms with E-state index in [1.54, 1.807) is 0 Å². The number of hydrogen-bond donors (Lipinski definition) is 1. The van der Waals surface area contributed by atoms with Crippen molar-refractivity contribution >= 4 is 0 Å². The van der Waals surface area contributed by atoms with Crippen LogP contribution in [0.3, 0.4) is 0 Å². The third-order valence-electron chi connectivity index (χ3n) is 1.04. The van der Waals surface area contributed by atoms with Gasteiger partial charge in [0, 0.05) is 5.92 Å². The van der Waals surface area contributed by atoms with Gasteiger partial charge in [-0.15, -0.1) is 0 Å². The van der Waals surface area contributed by atoms with Crippen LogP contribution >= 0.6 is 0 Å². The second-order valence-electron chi connectivity index (χ2n) is 3.86. The van der Waals surface area contributed by atoms with Crippen molar-refractivity contribution in [3.05, 3.63) is 0 Å². The van der Waals surface area contributed by atoms with Crippen LogP contribution in [-0.4, -0.2) is 17.0 Å². The molecular formula is C8H18O2. The average Bonchev–Trinajstić information content (AvgIpc) is 1.60. The Labute approximate surface area is 63.2 Å². The zero-order valence-corrected chi connectivity index (χ0v) is 7.51. The quantitative estimate of drug-likeness (QED) is 0.602. The molecule has 0 rings (SSSR count). The summed E-state index contributed by atoms with van der Waals surface area (Å²) in [5, 5.41) is 9.24. The molecular weight excluding hydrogens is 128 g/mol. The summed E-state index contributed by atoms with van der Waals surface area (Å²) in [6.07, 6.45) is -0.639. The van der Waals surface area contributed by atoms with Gasteiger partial charge in [0.25, 0.3) is 0 Å². The van der Waals surface area contributed by atoms with Gasteiger partial charge >= 0.3 is 0 Å². The Morgan fingerprint density at radius 3 is 1.70 bits per heavy atom. The fourth-order valence-electron chi connectivity index (χ4n) is 0.498. The van der Waals surface area contributed by atoms with Crippen LogP contribution in [0.15, 0.2) is 0 Å². The van der Waals surface area contributed by atoms with E-state index in [2.05, 4.69) is 0 Å². The Balaban J connectivity index is 3.68. The highest BCUT2D eigenvalue weighted by atomic mass is 16.6. The molecule has 0 bridgehead atoms. The Hall–Kier alpha value is -0.0800. The van der Waals surface area contributed by atoms with Crippen LogP contribution in [0.25, 0.3) is 0 Å². The fourth-order valence-corrected chi connectivity index (χ4v) is 0.498. The molecule has 0 saturated carbocycles. The lowest BCUT2D eigenvalue weighted by Gasteiger charge is -2.25. The van der Waals surface area contributed by atoms with E-state index >= 15 is 0 Å². The zero-order chi connectivity index (χ0) is 8.36. The van der Waals surface area contributed by atoms with Crippen LogP contribution in [0.2, 0.25) is 0 Å². The van der Waals surface area contributed by atoms with Crippen molar-refractivity contribution in [2.45, 2.75) is 46.5 Å². The summed E-state index contributed by atoms with van der Waals surface area (Å²) in [5.74, 6) is 0.166. The predicted octanol–water partition coefficient (Wildman–Crippen LogP) is 1.78. The van der Waals surface area contributed by atoms with Crippen LogP contribution in [0, 0.1) is 5.92 Å². The molecule has 0 aliphatic heterocycles. The van der Waals surface area contributed by atoms with Gasteiger partial charge in [-0.05, 0) is 20.8 Å². The molecule has 1 N–H and O–H groups in total. The first-order valence-electron chi connectivity index (χ1n) is 3.69. The maximum Gasteiger partial charge on any atom is 0.157 e. The van der Waals surface area contributed by atoms with E-state index in [1.807, 2.05) is 34.6 Å². The van der Waals surface area contributed by atoms with Crippen LogP contribution in [0.1, 0.15) is 34.6 Å². The lowest BCUT2D eigenvalue weighted by atomic mass is 10.1. The van der Waals surface area contributed by atoms with E-state index in [-0.39, 0.29) is 11.5 Å². The summed E-state index contributed by atoms with van der Waals surface area (Å²) >= 11 is 0. The Morgan fingerprint density at radius 2 is 1.60 bits per heavy atom. The molecule has 0 aliphatic carbocycles. The highest BCUT2D eigenvalue weighted by molar-refractivity contribution is 4.61. The molecule has 2 nitrogen and oxygen atoms in total. The standard InChI is InChI=1S/C8H18O2/c1-6(2)7(9)10-8(3,4)5/h6-7,9H,1-5H3/t7-/m1/s1. The highest BCUT2D eigenvalue weighted by Gasteiger charge is 2.18. The minimum Gasteiger partial charge on any atom is -0.368 e. The van der Waals surface area contributed by atoms with E-state index in [1.165, 1.54) is 0 Å². The molecule has 1 atom stereocenters. The summed E-state index contributed by atoms with van der Waals surface area (Å²) in [6.45, 7) is 9.64. The third-order valence-corrected chi connectivity index (χ3v) is 1.04. The largest absolute Gasteiger partial charge is 0.368 e. The second kappa shape index (κ2) is 3.35. The summed E-state index contributed by atoms with van der Waals surface area (Å²) in [6, 6.07) is 0. The minimum absolute atomic E-state index is 0.166. The number of aliphatic hydroxyl groups excluding tert-OH is 1.